The van der Waals surface area contributed by atoms with E-state index in [1.165, 1.54) is 12.1 Å². The fraction of sp³-hybridized carbons (Fsp3) is 0.211. The minimum atomic E-state index is -0.390. The number of ether oxygens (including phenoxy) is 3. The third kappa shape index (κ3) is 8.03. The zero-order chi connectivity index (χ0) is 32.4. The second kappa shape index (κ2) is 15.5. The third-order valence-corrected chi connectivity index (χ3v) is 7.63. The molecule has 0 aliphatic carbocycles. The van der Waals surface area contributed by atoms with Crippen molar-refractivity contribution in [2.75, 3.05) is 46.1 Å². The number of hydrogen-bond donors (Lipinski definition) is 2. The molecule has 0 radical (unpaired) electrons. The average molecular weight is 634 g/mol. The van der Waals surface area contributed by atoms with Crippen molar-refractivity contribution in [3.05, 3.63) is 135 Å². The van der Waals surface area contributed by atoms with Crippen LogP contribution < -0.4 is 20.9 Å². The number of fused-ring (bicyclic) bond motifs is 2. The van der Waals surface area contributed by atoms with Gasteiger partial charge < -0.3 is 33.5 Å². The van der Waals surface area contributed by atoms with Crippen molar-refractivity contribution in [3.8, 4) is 28.4 Å². The van der Waals surface area contributed by atoms with Crippen molar-refractivity contribution in [2.45, 2.75) is 6.10 Å². The summed E-state index contributed by atoms with van der Waals surface area (Å²) >= 11 is 0. The summed E-state index contributed by atoms with van der Waals surface area (Å²) in [6, 6.07) is 32.5. The van der Waals surface area contributed by atoms with Gasteiger partial charge in [0, 0.05) is 36.3 Å². The van der Waals surface area contributed by atoms with Gasteiger partial charge in [0.15, 0.2) is 10.9 Å². The van der Waals surface area contributed by atoms with E-state index >= 15 is 0 Å². The summed E-state index contributed by atoms with van der Waals surface area (Å²) in [4.78, 5) is 25.2. The van der Waals surface area contributed by atoms with Crippen LogP contribution in [0.25, 0.3) is 44.6 Å². The second-order valence-electron chi connectivity index (χ2n) is 10.8. The Morgan fingerprint density at radius 3 is 1.81 bits per heavy atom. The van der Waals surface area contributed by atoms with Gasteiger partial charge in [0.25, 0.3) is 0 Å². The molecular weight excluding hydrogens is 598 g/mol. The first-order valence-electron chi connectivity index (χ1n) is 15.5. The molecule has 0 spiro atoms. The molecule has 0 aliphatic rings. The van der Waals surface area contributed by atoms with Crippen molar-refractivity contribution in [2.24, 2.45) is 0 Å². The molecule has 2 aromatic heterocycles. The summed E-state index contributed by atoms with van der Waals surface area (Å²) in [5.74, 6) is 1.61. The fourth-order valence-electron chi connectivity index (χ4n) is 5.19. The van der Waals surface area contributed by atoms with Crippen molar-refractivity contribution >= 4 is 21.9 Å². The van der Waals surface area contributed by atoms with E-state index in [9.17, 15) is 9.59 Å². The quantitative estimate of drug-likeness (QED) is 0.132. The van der Waals surface area contributed by atoms with Crippen molar-refractivity contribution in [3.63, 3.8) is 0 Å². The molecule has 0 saturated heterocycles. The van der Waals surface area contributed by atoms with Crippen LogP contribution in [-0.2, 0) is 9.47 Å². The van der Waals surface area contributed by atoms with Gasteiger partial charge in [-0.3, -0.25) is 9.59 Å². The Balaban J connectivity index is 1.14. The molecule has 9 heteroatoms. The van der Waals surface area contributed by atoms with Crippen molar-refractivity contribution < 1.29 is 28.2 Å². The molecule has 0 saturated carbocycles. The summed E-state index contributed by atoms with van der Waals surface area (Å²) in [6.07, 6.45) is -0.390. The van der Waals surface area contributed by atoms with E-state index in [-0.39, 0.29) is 24.1 Å². The summed E-state index contributed by atoms with van der Waals surface area (Å²) in [6.45, 7) is 2.72. The van der Waals surface area contributed by atoms with Crippen LogP contribution in [-0.4, -0.2) is 51.2 Å². The third-order valence-electron chi connectivity index (χ3n) is 7.63. The highest BCUT2D eigenvalue weighted by atomic mass is 16.5. The standard InChI is InChI=1S/C38H35NO8/c40-19-22-43-20-17-39-18-21-44-38(28-11-9-26(10-12-28)36-23-32(41)30-5-1-3-7-34(30)46-36)25-45-29-15-13-27(14-16-29)37-24-33(42)31-6-2-4-8-35(31)47-37/h1-16,23-24,38-40H,17-22,25H2. The molecular formula is C38H35NO8. The maximum absolute atomic E-state index is 12.6. The first kappa shape index (κ1) is 31.9. The largest absolute Gasteiger partial charge is 0.491 e. The van der Waals surface area contributed by atoms with Crippen molar-refractivity contribution in [1.29, 1.82) is 0 Å². The monoisotopic (exact) mass is 633 g/mol. The number of aliphatic hydroxyl groups excluding tert-OH is 1. The molecule has 4 aromatic carbocycles. The minimum absolute atomic E-state index is 0.000833. The highest BCUT2D eigenvalue weighted by Gasteiger charge is 2.15. The summed E-state index contributed by atoms with van der Waals surface area (Å²) in [7, 11) is 0. The molecule has 6 rings (SSSR count). The predicted molar refractivity (Wildman–Crippen MR) is 181 cm³/mol. The number of hydrogen-bond acceptors (Lipinski definition) is 9. The molecule has 0 bridgehead atoms. The van der Waals surface area contributed by atoms with Gasteiger partial charge in [-0.05, 0) is 54.1 Å². The molecule has 47 heavy (non-hydrogen) atoms. The van der Waals surface area contributed by atoms with Crippen LogP contribution in [0, 0.1) is 0 Å². The van der Waals surface area contributed by atoms with Gasteiger partial charge in [-0.25, -0.2) is 0 Å². The van der Waals surface area contributed by atoms with Gasteiger partial charge >= 0.3 is 0 Å². The molecule has 9 nitrogen and oxygen atoms in total. The highest BCUT2D eigenvalue weighted by Crippen LogP contribution is 2.28. The number of rotatable bonds is 15. The topological polar surface area (TPSA) is 120 Å². The van der Waals surface area contributed by atoms with E-state index in [4.69, 9.17) is 28.2 Å². The van der Waals surface area contributed by atoms with Crippen LogP contribution >= 0.6 is 0 Å². The predicted octanol–water partition coefficient (Wildman–Crippen LogP) is 5.97. The van der Waals surface area contributed by atoms with Gasteiger partial charge in [0.2, 0.25) is 0 Å². The first-order valence-corrected chi connectivity index (χ1v) is 15.5. The maximum atomic E-state index is 12.6. The smallest absolute Gasteiger partial charge is 0.193 e. The second-order valence-corrected chi connectivity index (χ2v) is 10.8. The normalized spacial score (nSPS) is 12.0. The lowest BCUT2D eigenvalue weighted by atomic mass is 10.1. The lowest BCUT2D eigenvalue weighted by molar-refractivity contribution is 0.0198. The minimum Gasteiger partial charge on any atom is -0.491 e. The van der Waals surface area contributed by atoms with Gasteiger partial charge in [-0.1, -0.05) is 48.5 Å². The van der Waals surface area contributed by atoms with Crippen LogP contribution in [0.15, 0.2) is 128 Å². The maximum Gasteiger partial charge on any atom is 0.193 e. The average Bonchev–Trinajstić information content (AvgIpc) is 3.11. The number of nitrogens with one attached hydrogen (secondary N) is 1. The molecule has 240 valence electrons. The Hall–Kier alpha value is -5.06. The Morgan fingerprint density at radius 1 is 0.660 bits per heavy atom. The zero-order valence-electron chi connectivity index (χ0n) is 25.7. The molecule has 6 aromatic rings. The molecule has 2 heterocycles. The van der Waals surface area contributed by atoms with Gasteiger partial charge in [-0.15, -0.1) is 0 Å². The summed E-state index contributed by atoms with van der Waals surface area (Å²) in [5.41, 5.74) is 3.33. The van der Waals surface area contributed by atoms with Crippen molar-refractivity contribution in [1.82, 2.24) is 5.32 Å². The lowest BCUT2D eigenvalue weighted by Gasteiger charge is -2.20. The molecule has 0 aliphatic heterocycles. The van der Waals surface area contributed by atoms with Gasteiger partial charge in [0.1, 0.15) is 41.1 Å². The van der Waals surface area contributed by atoms with Gasteiger partial charge in [-0.2, -0.15) is 0 Å². The molecule has 1 unspecified atom stereocenters. The summed E-state index contributed by atoms with van der Waals surface area (Å²) in [5, 5.41) is 13.2. The van der Waals surface area contributed by atoms with Crippen LogP contribution in [0.4, 0.5) is 0 Å². The number of benzene rings is 4. The van der Waals surface area contributed by atoms with E-state index in [0.29, 0.717) is 72.1 Å². The molecule has 0 fully saturated rings. The highest BCUT2D eigenvalue weighted by molar-refractivity contribution is 5.79. The van der Waals surface area contributed by atoms with Crippen LogP contribution in [0.2, 0.25) is 0 Å². The van der Waals surface area contributed by atoms with Crippen LogP contribution in [0.3, 0.4) is 0 Å². The zero-order valence-corrected chi connectivity index (χ0v) is 25.7. The number of para-hydroxylation sites is 2. The SMILES string of the molecule is O=c1cc(-c2ccc(OCC(OCCNCCOCCO)c3ccc(-c4cc(=O)c5ccccc5o4)cc3)cc2)oc2ccccc12. The Morgan fingerprint density at radius 2 is 1.21 bits per heavy atom. The Labute approximate surface area is 271 Å². The first-order chi connectivity index (χ1) is 23.1. The Kier molecular flexibility index (Phi) is 10.5. The van der Waals surface area contributed by atoms with Crippen LogP contribution in [0.1, 0.15) is 11.7 Å². The lowest BCUT2D eigenvalue weighted by Crippen LogP contribution is -2.26. The summed E-state index contributed by atoms with van der Waals surface area (Å²) < 4.78 is 29.7. The van der Waals surface area contributed by atoms with Gasteiger partial charge in [0.05, 0.1) is 37.2 Å². The molecule has 0 amide bonds. The molecule has 2 N–H and O–H groups in total. The van der Waals surface area contributed by atoms with E-state index in [0.717, 1.165) is 16.7 Å². The molecule has 1 atom stereocenters. The van der Waals surface area contributed by atoms with Crippen LogP contribution in [0.5, 0.6) is 5.75 Å². The Bertz CT molecular complexity index is 2030. The van der Waals surface area contributed by atoms with E-state index in [1.54, 1.807) is 24.3 Å². The van der Waals surface area contributed by atoms with E-state index < -0.39 is 6.10 Å². The fourth-order valence-corrected chi connectivity index (χ4v) is 5.19. The van der Waals surface area contributed by atoms with E-state index in [2.05, 4.69) is 5.32 Å². The van der Waals surface area contributed by atoms with E-state index in [1.807, 2.05) is 72.8 Å². The number of aliphatic hydroxyl groups is 1.